The molecule has 214 valence electrons. The summed E-state index contributed by atoms with van der Waals surface area (Å²) in [6, 6.07) is 6.85. The molecule has 2 aliphatic heterocycles. The summed E-state index contributed by atoms with van der Waals surface area (Å²) in [6.45, 7) is 10.7. The minimum Gasteiger partial charge on any atom is -0.444 e. The molecule has 3 heterocycles. The molecule has 0 unspecified atom stereocenters. The first-order valence-electron chi connectivity index (χ1n) is 12.5. The molecular weight excluding hydrogens is 561 g/mol. The molecule has 1 aromatic heterocycles. The van der Waals surface area contributed by atoms with Gasteiger partial charge in [0.25, 0.3) is 0 Å². The van der Waals surface area contributed by atoms with E-state index in [1.54, 1.807) is 51.1 Å². The zero-order valence-electron chi connectivity index (χ0n) is 23.0. The van der Waals surface area contributed by atoms with Crippen molar-refractivity contribution in [3.63, 3.8) is 0 Å². The Kier molecular flexibility index (Phi) is 7.76. The minimum absolute atomic E-state index is 0.0507. The van der Waals surface area contributed by atoms with E-state index in [1.807, 2.05) is 20.8 Å². The molecule has 1 aromatic carbocycles. The number of carbonyl (C=O) groups excluding carboxylic acids is 2. The number of sulfone groups is 1. The number of nitrogens with zero attached hydrogens (tertiary/aromatic N) is 1. The number of alkyl carbamates (subject to hydrolysis) is 1. The molecule has 0 fully saturated rings. The van der Waals surface area contributed by atoms with Crippen LogP contribution in [-0.2, 0) is 31.2 Å². The number of hydrogen-bond donors (Lipinski definition) is 2. The highest BCUT2D eigenvalue weighted by Gasteiger charge is 2.43. The Labute approximate surface area is 237 Å². The maximum absolute atomic E-state index is 15.7. The van der Waals surface area contributed by atoms with Gasteiger partial charge in [-0.3, -0.25) is 4.79 Å². The lowest BCUT2D eigenvalue weighted by atomic mass is 9.90. The molecule has 2 N–H and O–H groups in total. The fraction of sp³-hybridized carbons (Fsp3) is 0.393. The third kappa shape index (κ3) is 6.47. The summed E-state index contributed by atoms with van der Waals surface area (Å²) >= 11 is 6.03. The SMILES string of the molecule is CC(C)(C)OC(=O)N[C@H]1CS(=O)(=O)C2=C(C1=O)C(Cc1ccc(Cl)cc1)=CC(c1cc(C(C)(C)C)no1)=C(F)N2. The maximum atomic E-state index is 15.7. The highest BCUT2D eigenvalue weighted by molar-refractivity contribution is 7.95. The van der Waals surface area contributed by atoms with Gasteiger partial charge in [0.2, 0.25) is 5.95 Å². The summed E-state index contributed by atoms with van der Waals surface area (Å²) in [4.78, 5) is 26.2. The van der Waals surface area contributed by atoms with Gasteiger partial charge in [0.1, 0.15) is 16.7 Å². The molecule has 4 rings (SSSR count). The summed E-state index contributed by atoms with van der Waals surface area (Å²) in [5.74, 6) is -2.45. The third-order valence-electron chi connectivity index (χ3n) is 6.13. The number of ketones is 1. The van der Waals surface area contributed by atoms with Gasteiger partial charge in [0.15, 0.2) is 21.4 Å². The van der Waals surface area contributed by atoms with Crippen molar-refractivity contribution < 1.29 is 31.7 Å². The lowest BCUT2D eigenvalue weighted by molar-refractivity contribution is -0.117. The summed E-state index contributed by atoms with van der Waals surface area (Å²) in [5, 5.41) is 8.64. The van der Waals surface area contributed by atoms with Crippen LogP contribution in [0.1, 0.15) is 58.6 Å². The van der Waals surface area contributed by atoms with Crippen molar-refractivity contribution in [1.82, 2.24) is 15.8 Å². The second-order valence-electron chi connectivity index (χ2n) is 11.7. The van der Waals surface area contributed by atoms with E-state index in [0.29, 0.717) is 16.3 Å². The van der Waals surface area contributed by atoms with Gasteiger partial charge in [-0.1, -0.05) is 49.7 Å². The first-order chi connectivity index (χ1) is 18.4. The smallest absolute Gasteiger partial charge is 0.408 e. The first-order valence-corrected chi connectivity index (χ1v) is 14.6. The summed E-state index contributed by atoms with van der Waals surface area (Å²) in [7, 11) is -4.27. The lowest BCUT2D eigenvalue weighted by Crippen LogP contribution is -2.51. The summed E-state index contributed by atoms with van der Waals surface area (Å²) in [6.07, 6.45) is 0.473. The normalized spacial score (nSPS) is 19.4. The first kappa shape index (κ1) is 29.5. The molecule has 40 heavy (non-hydrogen) atoms. The number of benzene rings is 1. The Bertz CT molecular complexity index is 1560. The lowest BCUT2D eigenvalue weighted by Gasteiger charge is -2.28. The molecule has 0 saturated heterocycles. The predicted octanol–water partition coefficient (Wildman–Crippen LogP) is 5.14. The third-order valence-corrected chi connectivity index (χ3v) is 8.08. The van der Waals surface area contributed by atoms with Gasteiger partial charge in [-0.2, -0.15) is 4.39 Å². The number of rotatable bonds is 4. The fourth-order valence-electron chi connectivity index (χ4n) is 4.19. The van der Waals surface area contributed by atoms with Gasteiger partial charge in [-0.25, -0.2) is 13.2 Å². The van der Waals surface area contributed by atoms with Crippen molar-refractivity contribution >= 4 is 38.9 Å². The van der Waals surface area contributed by atoms with E-state index < -0.39 is 55.5 Å². The molecule has 0 aliphatic carbocycles. The van der Waals surface area contributed by atoms with Crippen LogP contribution in [0.3, 0.4) is 0 Å². The van der Waals surface area contributed by atoms with Crippen LogP contribution in [0.15, 0.2) is 63.1 Å². The Morgan fingerprint density at radius 3 is 2.42 bits per heavy atom. The molecule has 2 aliphatic rings. The average molecular weight is 592 g/mol. The molecule has 2 aromatic rings. The van der Waals surface area contributed by atoms with Crippen LogP contribution in [0.4, 0.5) is 9.18 Å². The number of allylic oxidation sites excluding steroid dienone is 3. The van der Waals surface area contributed by atoms with Gasteiger partial charge < -0.3 is 19.9 Å². The quantitative estimate of drug-likeness (QED) is 0.468. The molecule has 1 atom stereocenters. The second kappa shape index (κ2) is 10.5. The van der Waals surface area contributed by atoms with Crippen molar-refractivity contribution in [1.29, 1.82) is 0 Å². The largest absolute Gasteiger partial charge is 0.444 e. The second-order valence-corrected chi connectivity index (χ2v) is 14.1. The average Bonchev–Trinajstić information content (AvgIpc) is 3.25. The summed E-state index contributed by atoms with van der Waals surface area (Å²) < 4.78 is 53.2. The molecule has 12 heteroatoms. The Morgan fingerprint density at radius 2 is 1.85 bits per heavy atom. The highest BCUT2D eigenvalue weighted by Crippen LogP contribution is 2.37. The standard InChI is InChI=1S/C28H31ClFN3O6S/c1-27(2,3)21-13-20(39-33-21)18-12-16(11-15-7-9-17(29)10-8-15)22-23(34)19(31-26(35)38-28(4,5)6)14-40(36,37)25(22)32-24(18)30/h7-10,12-13,19,32H,11,14H2,1-6H3,(H,31,35)/t19-/m0/s1. The molecular formula is C28H31ClFN3O6S. The summed E-state index contributed by atoms with van der Waals surface area (Å²) in [5.41, 5.74) is -0.203. The van der Waals surface area contributed by atoms with E-state index in [4.69, 9.17) is 20.9 Å². The van der Waals surface area contributed by atoms with Crippen LogP contribution < -0.4 is 10.6 Å². The van der Waals surface area contributed by atoms with E-state index in [0.717, 1.165) is 0 Å². The number of Topliss-reactive ketones (excluding diaryl/α,β-unsaturated/α-hetero) is 1. The van der Waals surface area contributed by atoms with Crippen LogP contribution in [0.25, 0.3) is 5.57 Å². The number of nitrogens with one attached hydrogen (secondary N) is 2. The van der Waals surface area contributed by atoms with Crippen molar-refractivity contribution in [3.8, 4) is 0 Å². The van der Waals surface area contributed by atoms with Crippen LogP contribution >= 0.6 is 11.6 Å². The zero-order valence-corrected chi connectivity index (χ0v) is 24.6. The number of aromatic nitrogens is 1. The molecule has 9 nitrogen and oxygen atoms in total. The van der Waals surface area contributed by atoms with E-state index in [2.05, 4.69) is 15.8 Å². The molecule has 0 bridgehead atoms. The molecule has 0 radical (unpaired) electrons. The van der Waals surface area contributed by atoms with E-state index in [1.165, 1.54) is 6.08 Å². The monoisotopic (exact) mass is 591 g/mol. The van der Waals surface area contributed by atoms with Crippen LogP contribution in [0.2, 0.25) is 5.02 Å². The van der Waals surface area contributed by atoms with Gasteiger partial charge in [0.05, 0.1) is 22.6 Å². The van der Waals surface area contributed by atoms with Gasteiger partial charge in [-0.15, -0.1) is 0 Å². The van der Waals surface area contributed by atoms with Crippen molar-refractivity contribution in [2.24, 2.45) is 0 Å². The zero-order chi connectivity index (χ0) is 29.6. The number of hydrogen-bond acceptors (Lipinski definition) is 8. The van der Waals surface area contributed by atoms with Crippen LogP contribution in [-0.4, -0.2) is 42.8 Å². The topological polar surface area (TPSA) is 128 Å². The molecule has 0 saturated carbocycles. The number of carbonyl (C=O) groups is 2. The van der Waals surface area contributed by atoms with Crippen LogP contribution in [0, 0.1) is 0 Å². The highest BCUT2D eigenvalue weighted by atomic mass is 35.5. The Balaban J connectivity index is 1.84. The molecule has 1 amide bonds. The Morgan fingerprint density at radius 1 is 1.20 bits per heavy atom. The predicted molar refractivity (Wildman–Crippen MR) is 149 cm³/mol. The fourth-order valence-corrected chi connectivity index (χ4v) is 5.95. The Hall–Kier alpha value is -3.44. The van der Waals surface area contributed by atoms with Gasteiger partial charge in [0, 0.05) is 16.5 Å². The van der Waals surface area contributed by atoms with Crippen molar-refractivity contribution in [3.05, 3.63) is 80.6 Å². The van der Waals surface area contributed by atoms with E-state index in [-0.39, 0.29) is 28.9 Å². The van der Waals surface area contributed by atoms with Gasteiger partial charge in [-0.05, 0) is 56.5 Å². The van der Waals surface area contributed by atoms with Crippen molar-refractivity contribution in [2.75, 3.05) is 5.75 Å². The number of ether oxygens (including phenoxy) is 1. The minimum atomic E-state index is -4.27. The maximum Gasteiger partial charge on any atom is 0.408 e. The van der Waals surface area contributed by atoms with Gasteiger partial charge >= 0.3 is 6.09 Å². The van der Waals surface area contributed by atoms with E-state index in [9.17, 15) is 18.0 Å². The van der Waals surface area contributed by atoms with Crippen LogP contribution in [0.5, 0.6) is 0 Å². The molecule has 0 spiro atoms. The number of halogens is 2. The number of amides is 1. The van der Waals surface area contributed by atoms with Crippen molar-refractivity contribution in [2.45, 2.75) is 65.0 Å². The van der Waals surface area contributed by atoms with E-state index >= 15 is 4.39 Å².